The topological polar surface area (TPSA) is 98.2 Å². The molecule has 0 aliphatic heterocycles. The van der Waals surface area contributed by atoms with E-state index in [1.807, 2.05) is 6.92 Å². The van der Waals surface area contributed by atoms with Crippen LogP contribution in [0.5, 0.6) is 17.4 Å². The predicted molar refractivity (Wildman–Crippen MR) is 93.6 cm³/mol. The molecular formula is C19H21N3O3. The minimum atomic E-state index is -0.868. The highest BCUT2D eigenvalue weighted by Gasteiger charge is 2.21. The fraction of sp³-hybridized carbons (Fsp3) is 0.316. The van der Waals surface area contributed by atoms with E-state index >= 15 is 0 Å². The van der Waals surface area contributed by atoms with Crippen LogP contribution in [0.2, 0.25) is 0 Å². The third-order valence-electron chi connectivity index (χ3n) is 3.48. The van der Waals surface area contributed by atoms with E-state index in [9.17, 15) is 4.79 Å². The van der Waals surface area contributed by atoms with Gasteiger partial charge in [0.2, 0.25) is 5.88 Å². The van der Waals surface area contributed by atoms with E-state index in [2.05, 4.69) is 11.1 Å². The second-order valence-corrected chi connectivity index (χ2v) is 6.13. The Hall–Kier alpha value is -2.91. The first-order valence-electron chi connectivity index (χ1n) is 7.95. The van der Waals surface area contributed by atoms with Crippen LogP contribution in [-0.4, -0.2) is 22.9 Å². The average Bonchev–Trinajstić information content (AvgIpc) is 2.56. The van der Waals surface area contributed by atoms with Crippen molar-refractivity contribution in [1.82, 2.24) is 4.98 Å². The lowest BCUT2D eigenvalue weighted by Crippen LogP contribution is -2.42. The van der Waals surface area contributed by atoms with Crippen LogP contribution in [0.1, 0.15) is 31.9 Å². The molecule has 0 spiro atoms. The van der Waals surface area contributed by atoms with E-state index in [0.29, 0.717) is 29.5 Å². The summed E-state index contributed by atoms with van der Waals surface area (Å²) in [6, 6.07) is 10.5. The maximum atomic E-state index is 11.9. The number of nitrogens with two attached hydrogens (primary N) is 1. The standard InChI is InChI=1S/C19H21N3O3/c1-4-24-16-10-15(7-6-14(16)11-20)25-18-8-5-13(12-22-18)9-17(23)19(2,3)21/h5-8,10,12H,4,9,21H2,1-3H3. The Morgan fingerprint density at radius 2 is 2.08 bits per heavy atom. The number of carbonyl (C=O) groups is 1. The molecule has 0 bridgehead atoms. The Morgan fingerprint density at radius 3 is 2.64 bits per heavy atom. The van der Waals surface area contributed by atoms with E-state index in [0.717, 1.165) is 5.56 Å². The van der Waals surface area contributed by atoms with Crippen LogP contribution in [0.25, 0.3) is 0 Å². The molecule has 0 atom stereocenters. The molecule has 2 rings (SSSR count). The van der Waals surface area contributed by atoms with Crippen molar-refractivity contribution in [3.63, 3.8) is 0 Å². The maximum absolute atomic E-state index is 11.9. The summed E-state index contributed by atoms with van der Waals surface area (Å²) in [5, 5.41) is 9.07. The Kier molecular flexibility index (Phi) is 5.73. The van der Waals surface area contributed by atoms with E-state index in [4.69, 9.17) is 20.5 Å². The molecule has 0 unspecified atom stereocenters. The van der Waals surface area contributed by atoms with Gasteiger partial charge in [0.25, 0.3) is 0 Å². The summed E-state index contributed by atoms with van der Waals surface area (Å²) in [5.74, 6) is 1.31. The molecule has 25 heavy (non-hydrogen) atoms. The molecule has 130 valence electrons. The highest BCUT2D eigenvalue weighted by atomic mass is 16.5. The molecule has 0 amide bonds. The molecule has 0 aliphatic rings. The number of pyridine rings is 1. The lowest BCUT2D eigenvalue weighted by molar-refractivity contribution is -0.122. The monoisotopic (exact) mass is 339 g/mol. The summed E-state index contributed by atoms with van der Waals surface area (Å²) in [6.45, 7) is 5.66. The van der Waals surface area contributed by atoms with Gasteiger partial charge in [0.05, 0.1) is 17.7 Å². The molecule has 6 heteroatoms. The first kappa shape index (κ1) is 18.4. The lowest BCUT2D eigenvalue weighted by atomic mass is 9.95. The molecule has 0 saturated carbocycles. The second kappa shape index (κ2) is 7.77. The van der Waals surface area contributed by atoms with Gasteiger partial charge in [-0.3, -0.25) is 4.79 Å². The third-order valence-corrected chi connectivity index (χ3v) is 3.48. The van der Waals surface area contributed by atoms with E-state index in [1.54, 1.807) is 50.4 Å². The molecule has 0 fully saturated rings. The van der Waals surface area contributed by atoms with Crippen molar-refractivity contribution in [2.45, 2.75) is 32.7 Å². The van der Waals surface area contributed by atoms with Crippen molar-refractivity contribution in [2.24, 2.45) is 5.73 Å². The molecule has 0 aliphatic carbocycles. The first-order chi connectivity index (χ1) is 11.8. The number of hydrogen-bond acceptors (Lipinski definition) is 6. The number of nitrogens with zero attached hydrogens (tertiary/aromatic N) is 2. The Labute approximate surface area is 147 Å². The van der Waals surface area contributed by atoms with Gasteiger partial charge >= 0.3 is 0 Å². The van der Waals surface area contributed by atoms with Crippen LogP contribution in [0, 0.1) is 11.3 Å². The molecule has 1 aromatic carbocycles. The molecule has 0 saturated heterocycles. The second-order valence-electron chi connectivity index (χ2n) is 6.13. The van der Waals surface area contributed by atoms with Gasteiger partial charge in [-0.2, -0.15) is 5.26 Å². The summed E-state index contributed by atoms with van der Waals surface area (Å²) in [4.78, 5) is 16.2. The number of hydrogen-bond donors (Lipinski definition) is 1. The zero-order valence-corrected chi connectivity index (χ0v) is 14.6. The summed E-state index contributed by atoms with van der Waals surface area (Å²) in [5.41, 5.74) is 6.14. The first-order valence-corrected chi connectivity index (χ1v) is 7.95. The molecule has 2 N–H and O–H groups in total. The lowest BCUT2D eigenvalue weighted by Gasteiger charge is -2.16. The maximum Gasteiger partial charge on any atom is 0.219 e. The van der Waals surface area contributed by atoms with Crippen LogP contribution >= 0.6 is 0 Å². The van der Waals surface area contributed by atoms with Gasteiger partial charge in [-0.05, 0) is 38.5 Å². The van der Waals surface area contributed by atoms with Crippen molar-refractivity contribution in [3.05, 3.63) is 47.7 Å². The van der Waals surface area contributed by atoms with Crippen molar-refractivity contribution >= 4 is 5.78 Å². The minimum absolute atomic E-state index is 0.0589. The smallest absolute Gasteiger partial charge is 0.219 e. The Bertz CT molecular complexity index is 787. The van der Waals surface area contributed by atoms with Crippen molar-refractivity contribution in [2.75, 3.05) is 6.61 Å². The highest BCUT2D eigenvalue weighted by molar-refractivity contribution is 5.89. The summed E-state index contributed by atoms with van der Waals surface area (Å²) >= 11 is 0. The fourth-order valence-electron chi connectivity index (χ4n) is 2.04. The van der Waals surface area contributed by atoms with Crippen LogP contribution in [0.15, 0.2) is 36.5 Å². The van der Waals surface area contributed by atoms with Gasteiger partial charge < -0.3 is 15.2 Å². The average molecular weight is 339 g/mol. The zero-order chi connectivity index (χ0) is 18.4. The number of Topliss-reactive ketones (excluding diaryl/α,β-unsaturated/α-hetero) is 1. The van der Waals surface area contributed by atoms with Gasteiger partial charge in [-0.25, -0.2) is 4.98 Å². The van der Waals surface area contributed by atoms with Crippen molar-refractivity contribution in [3.8, 4) is 23.4 Å². The van der Waals surface area contributed by atoms with Crippen LogP contribution in [0.4, 0.5) is 0 Å². The van der Waals surface area contributed by atoms with E-state index < -0.39 is 5.54 Å². The molecule has 0 radical (unpaired) electrons. The quantitative estimate of drug-likeness (QED) is 0.832. The fourth-order valence-corrected chi connectivity index (χ4v) is 2.04. The van der Waals surface area contributed by atoms with Crippen LogP contribution in [0.3, 0.4) is 0 Å². The molecule has 6 nitrogen and oxygen atoms in total. The van der Waals surface area contributed by atoms with Gasteiger partial charge in [-0.15, -0.1) is 0 Å². The number of aromatic nitrogens is 1. The minimum Gasteiger partial charge on any atom is -0.492 e. The molecule has 2 aromatic rings. The van der Waals surface area contributed by atoms with Gasteiger partial charge in [0.15, 0.2) is 5.78 Å². The molecule has 1 aromatic heterocycles. The third kappa shape index (κ3) is 5.03. The molecular weight excluding hydrogens is 318 g/mol. The number of carbonyl (C=O) groups excluding carboxylic acids is 1. The van der Waals surface area contributed by atoms with Crippen LogP contribution in [-0.2, 0) is 11.2 Å². The zero-order valence-electron chi connectivity index (χ0n) is 14.6. The summed E-state index contributed by atoms with van der Waals surface area (Å²) in [6.07, 6.45) is 1.81. The normalized spacial score (nSPS) is 10.8. The number of ketones is 1. The molecule has 1 heterocycles. The summed E-state index contributed by atoms with van der Waals surface area (Å²) in [7, 11) is 0. The van der Waals surface area contributed by atoms with Crippen LogP contribution < -0.4 is 15.2 Å². The number of rotatable bonds is 7. The van der Waals surface area contributed by atoms with E-state index in [1.165, 1.54) is 0 Å². The largest absolute Gasteiger partial charge is 0.492 e. The number of ether oxygens (including phenoxy) is 2. The van der Waals surface area contributed by atoms with Gasteiger partial charge in [0.1, 0.15) is 17.6 Å². The number of nitriles is 1. The van der Waals surface area contributed by atoms with Gasteiger partial charge in [0, 0.05) is 24.8 Å². The SMILES string of the molecule is CCOc1cc(Oc2ccc(CC(=O)C(C)(C)N)cn2)ccc1C#N. The van der Waals surface area contributed by atoms with Gasteiger partial charge in [-0.1, -0.05) is 6.07 Å². The van der Waals surface area contributed by atoms with Crippen molar-refractivity contribution in [1.29, 1.82) is 5.26 Å². The van der Waals surface area contributed by atoms with E-state index in [-0.39, 0.29) is 12.2 Å². The Morgan fingerprint density at radius 1 is 1.32 bits per heavy atom. The highest BCUT2D eigenvalue weighted by Crippen LogP contribution is 2.27. The predicted octanol–water partition coefficient (Wildman–Crippen LogP) is 2.99. The van der Waals surface area contributed by atoms with Crippen molar-refractivity contribution < 1.29 is 14.3 Å². The summed E-state index contributed by atoms with van der Waals surface area (Å²) < 4.78 is 11.1. The Balaban J connectivity index is 2.10. The number of benzene rings is 1.